The van der Waals surface area contributed by atoms with Gasteiger partial charge in [-0.3, -0.25) is 0 Å². The van der Waals surface area contributed by atoms with Crippen LogP contribution in [0.2, 0.25) is 0 Å². The predicted molar refractivity (Wildman–Crippen MR) is 144 cm³/mol. The maximum atomic E-state index is 5.25. The maximum Gasteiger partial charge on any atom is 0.243 e. The summed E-state index contributed by atoms with van der Waals surface area (Å²) in [6.45, 7) is 12.5. The molecular formula is C26H37N9O. The Balaban J connectivity index is 1.44. The second-order valence-corrected chi connectivity index (χ2v) is 10.0. The SMILES string of the molecule is CNc1nc(NC2CCN(CCOC)CC2C)nn2ccc(-c3ccc4nc(C)n(C(C)C)c4n3)c12. The van der Waals surface area contributed by atoms with E-state index in [1.54, 1.807) is 7.11 Å². The van der Waals surface area contributed by atoms with Crippen molar-refractivity contribution in [3.05, 3.63) is 30.2 Å². The Morgan fingerprint density at radius 3 is 2.72 bits per heavy atom. The van der Waals surface area contributed by atoms with Crippen LogP contribution >= 0.6 is 0 Å². The molecule has 0 saturated carbocycles. The summed E-state index contributed by atoms with van der Waals surface area (Å²) >= 11 is 0. The number of hydrogen-bond donors (Lipinski definition) is 2. The van der Waals surface area contributed by atoms with Gasteiger partial charge in [0.1, 0.15) is 16.9 Å². The zero-order valence-electron chi connectivity index (χ0n) is 22.1. The molecule has 0 bridgehead atoms. The third-order valence-electron chi connectivity index (χ3n) is 7.17. The van der Waals surface area contributed by atoms with Crippen molar-refractivity contribution in [1.82, 2.24) is 34.0 Å². The van der Waals surface area contributed by atoms with Gasteiger partial charge in [0, 0.05) is 57.6 Å². The smallest absolute Gasteiger partial charge is 0.243 e. The summed E-state index contributed by atoms with van der Waals surface area (Å²) in [5.74, 6) is 2.86. The van der Waals surface area contributed by atoms with Crippen LogP contribution in [0.5, 0.6) is 0 Å². The van der Waals surface area contributed by atoms with Crippen LogP contribution < -0.4 is 10.6 Å². The van der Waals surface area contributed by atoms with Crippen LogP contribution in [-0.4, -0.2) is 80.5 Å². The molecule has 1 saturated heterocycles. The Bertz CT molecular complexity index is 1360. The summed E-state index contributed by atoms with van der Waals surface area (Å²) in [4.78, 5) is 17.0. The lowest BCUT2D eigenvalue weighted by Gasteiger charge is -2.37. The Morgan fingerprint density at radius 2 is 2.00 bits per heavy atom. The van der Waals surface area contributed by atoms with Crippen molar-refractivity contribution >= 4 is 28.4 Å². The van der Waals surface area contributed by atoms with E-state index >= 15 is 0 Å². The molecule has 5 rings (SSSR count). The van der Waals surface area contributed by atoms with Crippen LogP contribution in [0.4, 0.5) is 11.8 Å². The zero-order valence-corrected chi connectivity index (χ0v) is 22.1. The van der Waals surface area contributed by atoms with Crippen molar-refractivity contribution in [3.63, 3.8) is 0 Å². The molecule has 0 radical (unpaired) electrons. The first-order chi connectivity index (χ1) is 17.4. The van der Waals surface area contributed by atoms with E-state index in [2.05, 4.69) is 51.9 Å². The van der Waals surface area contributed by atoms with Gasteiger partial charge < -0.3 is 24.8 Å². The fourth-order valence-electron chi connectivity index (χ4n) is 5.36. The van der Waals surface area contributed by atoms with Crippen molar-refractivity contribution in [2.24, 2.45) is 5.92 Å². The second-order valence-electron chi connectivity index (χ2n) is 10.0. The quantitative estimate of drug-likeness (QED) is 0.384. The highest BCUT2D eigenvalue weighted by Crippen LogP contribution is 2.31. The molecule has 1 aliphatic rings. The van der Waals surface area contributed by atoms with Crippen LogP contribution in [0.1, 0.15) is 39.1 Å². The van der Waals surface area contributed by atoms with E-state index < -0.39 is 0 Å². The zero-order chi connectivity index (χ0) is 25.4. The van der Waals surface area contributed by atoms with E-state index in [9.17, 15) is 0 Å². The van der Waals surface area contributed by atoms with E-state index in [0.29, 0.717) is 17.9 Å². The molecule has 0 aliphatic carbocycles. The molecule has 36 heavy (non-hydrogen) atoms. The van der Waals surface area contributed by atoms with Gasteiger partial charge in [-0.05, 0) is 51.3 Å². The summed E-state index contributed by atoms with van der Waals surface area (Å²) in [5, 5.41) is 11.7. The summed E-state index contributed by atoms with van der Waals surface area (Å²) in [6, 6.07) is 6.73. The van der Waals surface area contributed by atoms with E-state index in [1.807, 2.05) is 36.8 Å². The minimum absolute atomic E-state index is 0.280. The maximum absolute atomic E-state index is 5.25. The predicted octanol–water partition coefficient (Wildman–Crippen LogP) is 3.84. The molecule has 1 aliphatic heterocycles. The van der Waals surface area contributed by atoms with E-state index in [1.165, 1.54) is 0 Å². The molecule has 5 heterocycles. The molecule has 10 nitrogen and oxygen atoms in total. The molecule has 2 N–H and O–H groups in total. The first kappa shape index (κ1) is 24.5. The number of anilines is 2. The standard InChI is InChI=1S/C26H37N9O/c1-16(2)35-18(4)28-22-8-7-21(29-25(22)35)19-9-12-34-23(19)24(27-5)31-26(32-34)30-20-10-11-33(13-14-36-6)15-17(20)3/h7-9,12,16-17,20H,10-11,13-15H2,1-6H3,(H2,27,30,31,32). The number of fused-ring (bicyclic) bond motifs is 2. The number of rotatable bonds is 8. The van der Waals surface area contributed by atoms with Gasteiger partial charge in [-0.15, -0.1) is 5.10 Å². The number of nitrogens with one attached hydrogen (secondary N) is 2. The third-order valence-corrected chi connectivity index (χ3v) is 7.17. The van der Waals surface area contributed by atoms with Gasteiger partial charge in [-0.25, -0.2) is 14.5 Å². The second kappa shape index (κ2) is 10.0. The van der Waals surface area contributed by atoms with E-state index in [4.69, 9.17) is 19.8 Å². The van der Waals surface area contributed by atoms with Gasteiger partial charge in [0.25, 0.3) is 0 Å². The number of methoxy groups -OCH3 is 1. The first-order valence-electron chi connectivity index (χ1n) is 12.8. The van der Waals surface area contributed by atoms with Gasteiger partial charge in [0.15, 0.2) is 11.5 Å². The molecule has 0 spiro atoms. The summed E-state index contributed by atoms with van der Waals surface area (Å²) in [6.07, 6.45) is 3.02. The van der Waals surface area contributed by atoms with Gasteiger partial charge in [-0.1, -0.05) is 6.92 Å². The van der Waals surface area contributed by atoms with Gasteiger partial charge in [-0.2, -0.15) is 4.98 Å². The van der Waals surface area contributed by atoms with Crippen LogP contribution in [0.15, 0.2) is 24.4 Å². The number of hydrogen-bond acceptors (Lipinski definition) is 8. The molecule has 10 heteroatoms. The van der Waals surface area contributed by atoms with Crippen LogP contribution in [0, 0.1) is 12.8 Å². The lowest BCUT2D eigenvalue weighted by Crippen LogP contribution is -2.46. The van der Waals surface area contributed by atoms with Crippen LogP contribution in [0.25, 0.3) is 27.9 Å². The molecule has 4 aromatic heterocycles. The van der Waals surface area contributed by atoms with Crippen molar-refractivity contribution in [3.8, 4) is 11.3 Å². The Kier molecular flexibility index (Phi) is 6.81. The van der Waals surface area contributed by atoms with Gasteiger partial charge >= 0.3 is 0 Å². The molecule has 0 amide bonds. The van der Waals surface area contributed by atoms with Crippen molar-refractivity contribution in [2.45, 2.75) is 46.2 Å². The topological polar surface area (TPSA) is 97.4 Å². The van der Waals surface area contributed by atoms with Gasteiger partial charge in [0.2, 0.25) is 5.95 Å². The summed E-state index contributed by atoms with van der Waals surface area (Å²) in [7, 11) is 3.65. The number of nitrogens with zero attached hydrogens (tertiary/aromatic N) is 7. The molecular weight excluding hydrogens is 454 g/mol. The Labute approximate surface area is 212 Å². The molecule has 2 atom stereocenters. The van der Waals surface area contributed by atoms with Crippen LogP contribution in [-0.2, 0) is 4.74 Å². The Morgan fingerprint density at radius 1 is 1.17 bits per heavy atom. The third kappa shape index (κ3) is 4.51. The number of ether oxygens (including phenoxy) is 1. The average molecular weight is 492 g/mol. The molecule has 2 unspecified atom stereocenters. The highest BCUT2D eigenvalue weighted by atomic mass is 16.5. The summed E-state index contributed by atoms with van der Waals surface area (Å²) < 4.78 is 9.32. The van der Waals surface area contributed by atoms with Gasteiger partial charge in [0.05, 0.1) is 12.3 Å². The molecule has 4 aromatic rings. The number of pyridine rings is 1. The Hall–Kier alpha value is -3.24. The number of aromatic nitrogens is 6. The number of likely N-dealkylation sites (tertiary alicyclic amines) is 1. The van der Waals surface area contributed by atoms with Crippen molar-refractivity contribution in [1.29, 1.82) is 0 Å². The number of imidazole rings is 1. The normalized spacial score (nSPS) is 19.0. The van der Waals surface area contributed by atoms with Crippen molar-refractivity contribution < 1.29 is 4.74 Å². The highest BCUT2D eigenvalue weighted by Gasteiger charge is 2.27. The highest BCUT2D eigenvalue weighted by molar-refractivity contribution is 5.89. The number of aryl methyl sites for hydroxylation is 1. The fraction of sp³-hybridized carbons (Fsp3) is 0.538. The van der Waals surface area contributed by atoms with E-state index in [-0.39, 0.29) is 6.04 Å². The molecule has 192 valence electrons. The summed E-state index contributed by atoms with van der Waals surface area (Å²) in [5.41, 5.74) is 4.58. The molecule has 1 fully saturated rings. The lowest BCUT2D eigenvalue weighted by molar-refractivity contribution is 0.113. The number of piperidine rings is 1. The largest absolute Gasteiger partial charge is 0.383 e. The average Bonchev–Trinajstić information content (AvgIpc) is 3.43. The fourth-order valence-corrected chi connectivity index (χ4v) is 5.36. The first-order valence-corrected chi connectivity index (χ1v) is 12.8. The monoisotopic (exact) mass is 491 g/mol. The minimum atomic E-state index is 0.280. The minimum Gasteiger partial charge on any atom is -0.383 e. The lowest BCUT2D eigenvalue weighted by atomic mass is 9.94. The van der Waals surface area contributed by atoms with E-state index in [0.717, 1.165) is 72.2 Å². The van der Waals surface area contributed by atoms with Crippen LogP contribution in [0.3, 0.4) is 0 Å². The molecule has 0 aromatic carbocycles. The van der Waals surface area contributed by atoms with Crippen molar-refractivity contribution in [2.75, 3.05) is 51.0 Å².